The van der Waals surface area contributed by atoms with Crippen molar-refractivity contribution in [2.75, 3.05) is 11.4 Å². The van der Waals surface area contributed by atoms with Crippen LogP contribution in [0.5, 0.6) is 0 Å². The zero-order valence-electron chi connectivity index (χ0n) is 11.0. The summed E-state index contributed by atoms with van der Waals surface area (Å²) in [5.41, 5.74) is 4.55. The molecule has 0 aromatic carbocycles. The van der Waals surface area contributed by atoms with Gasteiger partial charge in [0.2, 0.25) is 5.91 Å². The van der Waals surface area contributed by atoms with Gasteiger partial charge in [-0.25, -0.2) is 4.98 Å². The minimum absolute atomic E-state index is 0.0292. The zero-order valence-corrected chi connectivity index (χ0v) is 11.0. The summed E-state index contributed by atoms with van der Waals surface area (Å²) in [5.74, 6) is -0.533. The second-order valence-corrected chi connectivity index (χ2v) is 5.08. The third-order valence-corrected chi connectivity index (χ3v) is 3.65. The first-order valence-corrected chi connectivity index (χ1v) is 6.38. The van der Waals surface area contributed by atoms with Gasteiger partial charge in [0.25, 0.3) is 0 Å². The SMILES string of the molecule is C[C@@H]1CC[C@H](C(N)=O)CN1c1cc(C(F)(F)F)ccn1. The number of rotatable bonds is 2. The van der Waals surface area contributed by atoms with Crippen LogP contribution in [-0.2, 0) is 11.0 Å². The number of carbonyl (C=O) groups is 1. The van der Waals surface area contributed by atoms with Crippen molar-refractivity contribution in [3.05, 3.63) is 23.9 Å². The second kappa shape index (κ2) is 5.30. The molecule has 1 fully saturated rings. The maximum atomic E-state index is 12.7. The Kier molecular flexibility index (Phi) is 3.87. The molecular formula is C13H16F3N3O. The van der Waals surface area contributed by atoms with E-state index in [1.165, 1.54) is 0 Å². The lowest BCUT2D eigenvalue weighted by atomic mass is 9.93. The minimum atomic E-state index is -4.40. The van der Waals surface area contributed by atoms with E-state index in [0.29, 0.717) is 19.4 Å². The fraction of sp³-hybridized carbons (Fsp3) is 0.538. The first kappa shape index (κ1) is 14.6. The first-order chi connectivity index (χ1) is 9.29. The number of carbonyl (C=O) groups excluding carboxylic acids is 1. The predicted octanol–water partition coefficient (Wildman–Crippen LogP) is 2.19. The lowest BCUT2D eigenvalue weighted by Crippen LogP contribution is -2.46. The summed E-state index contributed by atoms with van der Waals surface area (Å²) in [6.07, 6.45) is -1.91. The highest BCUT2D eigenvalue weighted by Gasteiger charge is 2.33. The number of hydrogen-bond acceptors (Lipinski definition) is 3. The summed E-state index contributed by atoms with van der Waals surface area (Å²) in [5, 5.41) is 0. The summed E-state index contributed by atoms with van der Waals surface area (Å²) >= 11 is 0. The maximum Gasteiger partial charge on any atom is 0.416 e. The molecule has 2 rings (SSSR count). The van der Waals surface area contributed by atoms with Crippen LogP contribution < -0.4 is 10.6 Å². The molecule has 0 saturated carbocycles. The van der Waals surface area contributed by atoms with Crippen LogP contribution in [0.15, 0.2) is 18.3 Å². The fourth-order valence-corrected chi connectivity index (χ4v) is 2.41. The van der Waals surface area contributed by atoms with Crippen molar-refractivity contribution in [2.45, 2.75) is 32.0 Å². The molecule has 1 amide bonds. The molecular weight excluding hydrogens is 271 g/mol. The number of pyridine rings is 1. The van der Waals surface area contributed by atoms with Crippen LogP contribution in [0.4, 0.5) is 19.0 Å². The highest BCUT2D eigenvalue weighted by molar-refractivity contribution is 5.77. The van der Waals surface area contributed by atoms with E-state index in [9.17, 15) is 18.0 Å². The summed E-state index contributed by atoms with van der Waals surface area (Å²) in [4.78, 5) is 17.0. The van der Waals surface area contributed by atoms with E-state index in [4.69, 9.17) is 5.73 Å². The van der Waals surface area contributed by atoms with Crippen LogP contribution in [-0.4, -0.2) is 23.5 Å². The molecule has 110 valence electrons. The Labute approximate surface area is 114 Å². The lowest BCUT2D eigenvalue weighted by Gasteiger charge is -2.37. The van der Waals surface area contributed by atoms with Crippen molar-refractivity contribution in [3.63, 3.8) is 0 Å². The quantitative estimate of drug-likeness (QED) is 0.907. The van der Waals surface area contributed by atoms with Gasteiger partial charge < -0.3 is 10.6 Å². The van der Waals surface area contributed by atoms with E-state index in [2.05, 4.69) is 4.98 Å². The maximum absolute atomic E-state index is 12.7. The van der Waals surface area contributed by atoms with Gasteiger partial charge in [-0.2, -0.15) is 13.2 Å². The summed E-state index contributed by atoms with van der Waals surface area (Å²) in [7, 11) is 0. The number of anilines is 1. The van der Waals surface area contributed by atoms with Crippen molar-refractivity contribution in [1.82, 2.24) is 4.98 Å². The topological polar surface area (TPSA) is 59.2 Å². The normalized spacial score (nSPS) is 23.7. The molecule has 2 heterocycles. The number of nitrogens with zero attached hydrogens (tertiary/aromatic N) is 2. The molecule has 1 aliphatic heterocycles. The van der Waals surface area contributed by atoms with Gasteiger partial charge in [0, 0.05) is 18.8 Å². The Balaban J connectivity index is 2.27. The summed E-state index contributed by atoms with van der Waals surface area (Å²) in [6.45, 7) is 2.21. The molecule has 20 heavy (non-hydrogen) atoms. The Morgan fingerprint density at radius 3 is 2.75 bits per heavy atom. The number of primary amides is 1. The number of amides is 1. The number of alkyl halides is 3. The molecule has 4 nitrogen and oxygen atoms in total. The predicted molar refractivity (Wildman–Crippen MR) is 68.0 cm³/mol. The lowest BCUT2D eigenvalue weighted by molar-refractivity contribution is -0.137. The standard InChI is InChI=1S/C13H16F3N3O/c1-8-2-3-9(12(17)20)7-19(8)11-6-10(4-5-18-11)13(14,15)16/h4-6,8-9H,2-3,7H2,1H3,(H2,17,20)/t8-,9+/m1/s1. The smallest absolute Gasteiger partial charge is 0.369 e. The van der Waals surface area contributed by atoms with E-state index >= 15 is 0 Å². The molecule has 0 unspecified atom stereocenters. The van der Waals surface area contributed by atoms with Crippen LogP contribution >= 0.6 is 0 Å². The number of hydrogen-bond donors (Lipinski definition) is 1. The van der Waals surface area contributed by atoms with Crippen molar-refractivity contribution < 1.29 is 18.0 Å². The largest absolute Gasteiger partial charge is 0.416 e. The third kappa shape index (κ3) is 3.02. The average Bonchev–Trinajstić information content (AvgIpc) is 2.38. The van der Waals surface area contributed by atoms with Gasteiger partial charge in [-0.15, -0.1) is 0 Å². The highest BCUT2D eigenvalue weighted by atomic mass is 19.4. The van der Waals surface area contributed by atoms with Crippen LogP contribution in [0.25, 0.3) is 0 Å². The van der Waals surface area contributed by atoms with Crippen LogP contribution in [0, 0.1) is 5.92 Å². The molecule has 1 aromatic rings. The average molecular weight is 287 g/mol. The first-order valence-electron chi connectivity index (χ1n) is 6.38. The van der Waals surface area contributed by atoms with Crippen LogP contribution in [0.3, 0.4) is 0 Å². The zero-order chi connectivity index (χ0) is 14.9. The molecule has 2 N–H and O–H groups in total. The molecule has 0 radical (unpaired) electrons. The minimum Gasteiger partial charge on any atom is -0.369 e. The molecule has 1 saturated heterocycles. The molecule has 1 aromatic heterocycles. The van der Waals surface area contributed by atoms with Gasteiger partial charge in [-0.3, -0.25) is 4.79 Å². The Morgan fingerprint density at radius 1 is 1.45 bits per heavy atom. The van der Waals surface area contributed by atoms with Crippen LogP contribution in [0.1, 0.15) is 25.3 Å². The van der Waals surface area contributed by atoms with E-state index in [1.807, 2.05) is 6.92 Å². The molecule has 0 aliphatic carbocycles. The number of aromatic nitrogens is 1. The Hall–Kier alpha value is -1.79. The van der Waals surface area contributed by atoms with Gasteiger partial charge in [0.15, 0.2) is 0 Å². The van der Waals surface area contributed by atoms with Gasteiger partial charge in [-0.05, 0) is 31.9 Å². The summed E-state index contributed by atoms with van der Waals surface area (Å²) in [6, 6.07) is 1.98. The third-order valence-electron chi connectivity index (χ3n) is 3.65. The van der Waals surface area contributed by atoms with Gasteiger partial charge in [-0.1, -0.05) is 0 Å². The van der Waals surface area contributed by atoms with Crippen molar-refractivity contribution >= 4 is 11.7 Å². The number of halogens is 3. The second-order valence-electron chi connectivity index (χ2n) is 5.08. The van der Waals surface area contributed by atoms with E-state index in [1.54, 1.807) is 4.90 Å². The van der Waals surface area contributed by atoms with Crippen molar-refractivity contribution in [3.8, 4) is 0 Å². The van der Waals surface area contributed by atoms with Crippen molar-refractivity contribution in [1.29, 1.82) is 0 Å². The van der Waals surface area contributed by atoms with Gasteiger partial charge in [0.1, 0.15) is 5.82 Å². The fourth-order valence-electron chi connectivity index (χ4n) is 2.41. The van der Waals surface area contributed by atoms with Crippen molar-refractivity contribution in [2.24, 2.45) is 11.7 Å². The number of nitrogens with two attached hydrogens (primary N) is 1. The van der Waals surface area contributed by atoms with E-state index in [-0.39, 0.29) is 17.8 Å². The molecule has 2 atom stereocenters. The Bertz CT molecular complexity index is 504. The summed E-state index contributed by atoms with van der Waals surface area (Å²) < 4.78 is 38.2. The molecule has 0 spiro atoms. The van der Waals surface area contributed by atoms with Gasteiger partial charge >= 0.3 is 6.18 Å². The van der Waals surface area contributed by atoms with E-state index < -0.39 is 17.6 Å². The highest BCUT2D eigenvalue weighted by Crippen LogP contribution is 2.32. The van der Waals surface area contributed by atoms with Crippen LogP contribution in [0.2, 0.25) is 0 Å². The van der Waals surface area contributed by atoms with Gasteiger partial charge in [0.05, 0.1) is 11.5 Å². The molecule has 0 bridgehead atoms. The van der Waals surface area contributed by atoms with E-state index in [0.717, 1.165) is 18.3 Å². The number of piperidine rings is 1. The molecule has 1 aliphatic rings. The Morgan fingerprint density at radius 2 is 2.15 bits per heavy atom. The molecule has 7 heteroatoms. The monoisotopic (exact) mass is 287 g/mol.